The topological polar surface area (TPSA) is 111 Å². The minimum Gasteiger partial charge on any atom is -0.449 e. The van der Waals surface area contributed by atoms with Crippen molar-refractivity contribution >= 4 is 29.1 Å². The number of benzene rings is 1. The lowest BCUT2D eigenvalue weighted by Gasteiger charge is -2.28. The molecule has 1 atom stereocenters. The largest absolute Gasteiger partial charge is 0.449 e. The number of nitrogens with one attached hydrogen (secondary N) is 1. The summed E-state index contributed by atoms with van der Waals surface area (Å²) in [7, 11) is 0. The van der Waals surface area contributed by atoms with Gasteiger partial charge in [0.05, 0.1) is 5.69 Å². The molecule has 1 amide bonds. The number of aromatic nitrogens is 1. The number of nitrogen functional groups attached to an aromatic ring is 1. The van der Waals surface area contributed by atoms with E-state index in [9.17, 15) is 9.59 Å². The Balaban J connectivity index is 1.57. The van der Waals surface area contributed by atoms with E-state index in [1.165, 1.54) is 26.2 Å². The molecule has 0 saturated carbocycles. The fourth-order valence-electron chi connectivity index (χ4n) is 3.06. The smallest absolute Gasteiger partial charge is 0.346 e. The average molecular weight is 372 g/mol. The molecule has 1 fully saturated rings. The van der Waals surface area contributed by atoms with Gasteiger partial charge in [-0.25, -0.2) is 4.79 Å². The molecule has 3 rings (SSSR count). The Bertz CT molecular complexity index is 790. The van der Waals surface area contributed by atoms with Gasteiger partial charge in [0.15, 0.2) is 6.10 Å². The van der Waals surface area contributed by atoms with Crippen LogP contribution in [0.4, 0.5) is 17.3 Å². The fourth-order valence-corrected chi connectivity index (χ4v) is 3.06. The van der Waals surface area contributed by atoms with Gasteiger partial charge in [-0.05, 0) is 57.4 Å². The molecule has 3 N–H and O–H groups in total. The van der Waals surface area contributed by atoms with Crippen LogP contribution in [-0.4, -0.2) is 36.2 Å². The molecule has 1 aromatic heterocycles. The zero-order chi connectivity index (χ0) is 19.4. The molecule has 1 aliphatic heterocycles. The molecule has 1 aromatic carbocycles. The monoisotopic (exact) mass is 372 g/mol. The van der Waals surface area contributed by atoms with E-state index in [1.54, 1.807) is 6.92 Å². The Morgan fingerprint density at radius 1 is 1.22 bits per heavy atom. The van der Waals surface area contributed by atoms with Gasteiger partial charge in [-0.1, -0.05) is 5.16 Å². The summed E-state index contributed by atoms with van der Waals surface area (Å²) in [6, 6.07) is 7.66. The SMILES string of the molecule is Cc1noc(N)c1C(=O)O[C@@H](C)C(=O)Nc1ccc(N2CCCCC2)cc1. The molecule has 8 nitrogen and oxygen atoms in total. The quantitative estimate of drug-likeness (QED) is 0.776. The Hall–Kier alpha value is -3.03. The predicted molar refractivity (Wildman–Crippen MR) is 102 cm³/mol. The lowest BCUT2D eigenvalue weighted by molar-refractivity contribution is -0.123. The number of carbonyl (C=O) groups is 2. The first-order valence-corrected chi connectivity index (χ1v) is 9.04. The number of aryl methyl sites for hydroxylation is 1. The molecule has 0 radical (unpaired) electrons. The van der Waals surface area contributed by atoms with Crippen molar-refractivity contribution in [3.63, 3.8) is 0 Å². The van der Waals surface area contributed by atoms with Gasteiger partial charge in [-0.15, -0.1) is 0 Å². The van der Waals surface area contributed by atoms with Crippen LogP contribution in [0.2, 0.25) is 0 Å². The van der Waals surface area contributed by atoms with Crippen LogP contribution in [0.3, 0.4) is 0 Å². The van der Waals surface area contributed by atoms with Gasteiger partial charge in [0.2, 0.25) is 5.88 Å². The number of carbonyl (C=O) groups excluding carboxylic acids is 2. The van der Waals surface area contributed by atoms with E-state index in [2.05, 4.69) is 15.4 Å². The van der Waals surface area contributed by atoms with Crippen LogP contribution in [-0.2, 0) is 9.53 Å². The number of nitrogens with zero attached hydrogens (tertiary/aromatic N) is 2. The van der Waals surface area contributed by atoms with Crippen molar-refractivity contribution in [1.29, 1.82) is 0 Å². The molecule has 0 spiro atoms. The number of hydrogen-bond acceptors (Lipinski definition) is 7. The molecule has 27 heavy (non-hydrogen) atoms. The molecular formula is C19H24N4O4. The second-order valence-corrected chi connectivity index (χ2v) is 6.64. The molecule has 8 heteroatoms. The molecule has 0 bridgehead atoms. The maximum Gasteiger partial charge on any atom is 0.346 e. The maximum atomic E-state index is 12.3. The van der Waals surface area contributed by atoms with E-state index in [0.29, 0.717) is 11.4 Å². The number of ether oxygens (including phenoxy) is 1. The van der Waals surface area contributed by atoms with Crippen LogP contribution >= 0.6 is 0 Å². The Labute approximate surface area is 157 Å². The second kappa shape index (κ2) is 8.11. The molecular weight excluding hydrogens is 348 g/mol. The van der Waals surface area contributed by atoms with Crippen LogP contribution < -0.4 is 16.0 Å². The number of piperidine rings is 1. The van der Waals surface area contributed by atoms with Gasteiger partial charge < -0.3 is 25.2 Å². The minimum absolute atomic E-state index is 0.0422. The van der Waals surface area contributed by atoms with Crippen molar-refractivity contribution in [3.8, 4) is 0 Å². The number of nitrogens with two attached hydrogens (primary N) is 1. The minimum atomic E-state index is -0.993. The van der Waals surface area contributed by atoms with E-state index in [0.717, 1.165) is 18.8 Å². The summed E-state index contributed by atoms with van der Waals surface area (Å²) >= 11 is 0. The third-order valence-corrected chi connectivity index (χ3v) is 4.60. The van der Waals surface area contributed by atoms with Crippen molar-refractivity contribution in [3.05, 3.63) is 35.5 Å². The number of amides is 1. The maximum absolute atomic E-state index is 12.3. The highest BCUT2D eigenvalue weighted by Gasteiger charge is 2.25. The van der Waals surface area contributed by atoms with Crippen LogP contribution in [0.1, 0.15) is 42.2 Å². The summed E-state index contributed by atoms with van der Waals surface area (Å²) in [5.74, 6) is -1.30. The normalized spacial score (nSPS) is 15.3. The third-order valence-electron chi connectivity index (χ3n) is 4.60. The van der Waals surface area contributed by atoms with Crippen molar-refractivity contribution in [2.24, 2.45) is 0 Å². The molecule has 144 valence electrons. The van der Waals surface area contributed by atoms with Crippen LogP contribution in [0.15, 0.2) is 28.8 Å². The van der Waals surface area contributed by atoms with Crippen molar-refractivity contribution in [2.75, 3.05) is 29.0 Å². The van der Waals surface area contributed by atoms with Gasteiger partial charge in [0, 0.05) is 24.5 Å². The van der Waals surface area contributed by atoms with Crippen LogP contribution in [0.5, 0.6) is 0 Å². The van der Waals surface area contributed by atoms with E-state index in [1.807, 2.05) is 24.3 Å². The molecule has 1 saturated heterocycles. The second-order valence-electron chi connectivity index (χ2n) is 6.64. The van der Waals surface area contributed by atoms with Crippen LogP contribution in [0.25, 0.3) is 0 Å². The van der Waals surface area contributed by atoms with Crippen molar-refractivity contribution in [2.45, 2.75) is 39.2 Å². The van der Waals surface area contributed by atoms with Crippen molar-refractivity contribution < 1.29 is 18.8 Å². The van der Waals surface area contributed by atoms with Crippen LogP contribution in [0, 0.1) is 6.92 Å². The van der Waals surface area contributed by atoms with Gasteiger partial charge in [0.1, 0.15) is 5.56 Å². The Morgan fingerprint density at radius 2 is 1.89 bits per heavy atom. The molecule has 2 heterocycles. The lowest BCUT2D eigenvalue weighted by atomic mass is 10.1. The molecule has 0 aliphatic carbocycles. The first-order chi connectivity index (χ1) is 13.0. The summed E-state index contributed by atoms with van der Waals surface area (Å²) in [6.45, 7) is 5.19. The van der Waals surface area contributed by atoms with E-state index >= 15 is 0 Å². The summed E-state index contributed by atoms with van der Waals surface area (Å²) in [4.78, 5) is 26.8. The number of anilines is 3. The van der Waals surface area contributed by atoms with E-state index < -0.39 is 18.0 Å². The Morgan fingerprint density at radius 3 is 2.48 bits per heavy atom. The van der Waals surface area contributed by atoms with Gasteiger partial charge in [0.25, 0.3) is 5.91 Å². The third kappa shape index (κ3) is 4.39. The number of esters is 1. The van der Waals surface area contributed by atoms with Gasteiger partial charge in [-0.2, -0.15) is 0 Å². The zero-order valence-corrected chi connectivity index (χ0v) is 15.5. The highest BCUT2D eigenvalue weighted by Crippen LogP contribution is 2.22. The van der Waals surface area contributed by atoms with E-state index in [-0.39, 0.29) is 11.4 Å². The first kappa shape index (κ1) is 18.8. The van der Waals surface area contributed by atoms with Crippen molar-refractivity contribution in [1.82, 2.24) is 5.16 Å². The highest BCUT2D eigenvalue weighted by atomic mass is 16.5. The number of hydrogen-bond donors (Lipinski definition) is 2. The number of rotatable bonds is 5. The summed E-state index contributed by atoms with van der Waals surface area (Å²) < 4.78 is 9.91. The molecule has 0 unspecified atom stereocenters. The standard InChI is InChI=1S/C19H24N4O4/c1-12-16(17(20)27-22-12)19(25)26-13(2)18(24)21-14-6-8-15(9-7-14)23-10-4-3-5-11-23/h6-9,13H,3-5,10-11,20H2,1-2H3,(H,21,24)/t13-/m0/s1. The fraction of sp³-hybridized carbons (Fsp3) is 0.421. The molecule has 1 aliphatic rings. The summed E-state index contributed by atoms with van der Waals surface area (Å²) in [5.41, 5.74) is 7.71. The molecule has 2 aromatic rings. The first-order valence-electron chi connectivity index (χ1n) is 9.04. The lowest BCUT2D eigenvalue weighted by Crippen LogP contribution is -2.30. The average Bonchev–Trinajstić information content (AvgIpc) is 3.01. The summed E-state index contributed by atoms with van der Waals surface area (Å²) in [6.07, 6.45) is 2.70. The van der Waals surface area contributed by atoms with Gasteiger partial charge in [-0.3, -0.25) is 4.79 Å². The van der Waals surface area contributed by atoms with Gasteiger partial charge >= 0.3 is 5.97 Å². The Kier molecular flexibility index (Phi) is 5.63. The van der Waals surface area contributed by atoms with E-state index in [4.69, 9.17) is 15.0 Å². The summed E-state index contributed by atoms with van der Waals surface area (Å²) in [5, 5.41) is 6.35. The highest BCUT2D eigenvalue weighted by molar-refractivity contribution is 5.99. The predicted octanol–water partition coefficient (Wildman–Crippen LogP) is 2.74. The zero-order valence-electron chi connectivity index (χ0n) is 15.5.